The first kappa shape index (κ1) is 14.7. The van der Waals surface area contributed by atoms with Crippen LogP contribution in [0.1, 0.15) is 5.56 Å². The van der Waals surface area contributed by atoms with Gasteiger partial charge >= 0.3 is 17.8 Å². The lowest BCUT2D eigenvalue weighted by atomic mass is 10.2. The summed E-state index contributed by atoms with van der Waals surface area (Å²) in [5.41, 5.74) is 1.41. The average Bonchev–Trinajstić information content (AvgIpc) is 2.37. The highest BCUT2D eigenvalue weighted by molar-refractivity contribution is 6.40. The summed E-state index contributed by atoms with van der Waals surface area (Å²) in [6, 6.07) is 5.22. The van der Waals surface area contributed by atoms with E-state index < -0.39 is 30.4 Å². The highest BCUT2D eigenvalue weighted by Gasteiger charge is 2.22. The number of benzene rings is 1. The van der Waals surface area contributed by atoms with Crippen molar-refractivity contribution in [2.75, 3.05) is 11.9 Å². The Balaban J connectivity index is 2.60. The molecular weight excluding hydrogens is 252 g/mol. The van der Waals surface area contributed by atoms with E-state index in [4.69, 9.17) is 10.2 Å². The molecule has 1 aromatic rings. The van der Waals surface area contributed by atoms with Crippen LogP contribution >= 0.6 is 0 Å². The predicted molar refractivity (Wildman–Crippen MR) is 66.5 cm³/mol. The maximum Gasteiger partial charge on any atom is 0.328 e. The third-order valence-electron chi connectivity index (χ3n) is 2.30. The Labute approximate surface area is 109 Å². The molecule has 1 atom stereocenters. The Morgan fingerprint density at radius 3 is 2.21 bits per heavy atom. The molecule has 0 aromatic heterocycles. The second-order valence-corrected chi connectivity index (χ2v) is 3.87. The van der Waals surface area contributed by atoms with Gasteiger partial charge in [0.2, 0.25) is 0 Å². The van der Waals surface area contributed by atoms with E-state index >= 15 is 0 Å². The molecule has 1 aromatic carbocycles. The van der Waals surface area contributed by atoms with E-state index in [0.717, 1.165) is 5.56 Å². The molecule has 102 valence electrons. The topological polar surface area (TPSA) is 116 Å². The van der Waals surface area contributed by atoms with E-state index in [9.17, 15) is 14.4 Å². The van der Waals surface area contributed by atoms with Gasteiger partial charge in [-0.3, -0.25) is 9.59 Å². The lowest BCUT2D eigenvalue weighted by molar-refractivity contribution is -0.144. The molecule has 0 radical (unpaired) electrons. The van der Waals surface area contributed by atoms with Crippen LogP contribution in [0.3, 0.4) is 0 Å². The normalized spacial score (nSPS) is 11.5. The number of carboxylic acids is 1. The molecule has 2 amide bonds. The Morgan fingerprint density at radius 2 is 1.74 bits per heavy atom. The molecule has 0 spiro atoms. The van der Waals surface area contributed by atoms with Crippen molar-refractivity contribution in [3.8, 4) is 0 Å². The van der Waals surface area contributed by atoms with E-state index in [1.807, 2.05) is 12.2 Å². The molecule has 0 saturated heterocycles. The second kappa shape index (κ2) is 6.50. The van der Waals surface area contributed by atoms with Gasteiger partial charge in [-0.1, -0.05) is 17.7 Å². The summed E-state index contributed by atoms with van der Waals surface area (Å²) >= 11 is 0. The molecule has 0 aliphatic carbocycles. The molecule has 1 rings (SSSR count). The van der Waals surface area contributed by atoms with Crippen molar-refractivity contribution in [2.45, 2.75) is 13.0 Å². The van der Waals surface area contributed by atoms with Crippen molar-refractivity contribution >= 4 is 23.5 Å². The molecule has 0 aliphatic heterocycles. The number of carboxylic acid groups (broad SMARTS) is 1. The molecule has 0 heterocycles. The van der Waals surface area contributed by atoms with Gasteiger partial charge in [0, 0.05) is 5.69 Å². The number of nitrogens with one attached hydrogen (secondary N) is 2. The van der Waals surface area contributed by atoms with Crippen molar-refractivity contribution in [1.29, 1.82) is 0 Å². The van der Waals surface area contributed by atoms with Gasteiger partial charge in [-0.15, -0.1) is 0 Å². The number of aliphatic hydroxyl groups is 1. The number of rotatable bonds is 4. The molecule has 7 nitrogen and oxygen atoms in total. The smallest absolute Gasteiger partial charge is 0.328 e. The lowest BCUT2D eigenvalue weighted by Crippen LogP contribution is -2.47. The fourth-order valence-corrected chi connectivity index (χ4v) is 1.23. The molecular formula is C12H14N2O5. The zero-order chi connectivity index (χ0) is 14.4. The third kappa shape index (κ3) is 4.40. The van der Waals surface area contributed by atoms with Crippen LogP contribution in [-0.4, -0.2) is 40.6 Å². The number of hydrogen-bond donors (Lipinski definition) is 4. The minimum atomic E-state index is -1.50. The monoisotopic (exact) mass is 266 g/mol. The molecule has 0 aliphatic rings. The standard InChI is InChI=1S/C12H14N2O5/c1-7-2-4-8(5-3-7)13-10(16)11(17)14-9(6-15)12(18)19/h2-5,9,15H,6H2,1H3,(H,13,16)(H,14,17)(H,18,19)/t9-/m1/s1. The number of aliphatic hydroxyl groups excluding tert-OH is 1. The van der Waals surface area contributed by atoms with Gasteiger partial charge < -0.3 is 20.8 Å². The summed E-state index contributed by atoms with van der Waals surface area (Å²) in [6.45, 7) is 1.08. The molecule has 4 N–H and O–H groups in total. The number of amides is 2. The maximum absolute atomic E-state index is 11.5. The number of carbonyl (C=O) groups excluding carboxylic acids is 2. The van der Waals surface area contributed by atoms with Crippen molar-refractivity contribution in [2.24, 2.45) is 0 Å². The average molecular weight is 266 g/mol. The minimum absolute atomic E-state index is 0.418. The van der Waals surface area contributed by atoms with Crippen molar-refractivity contribution in [3.63, 3.8) is 0 Å². The Kier molecular flexibility index (Phi) is 5.01. The van der Waals surface area contributed by atoms with Gasteiger partial charge in [0.25, 0.3) is 0 Å². The molecule has 0 saturated carbocycles. The van der Waals surface area contributed by atoms with Crippen LogP contribution in [0.4, 0.5) is 5.69 Å². The molecule has 0 fully saturated rings. The zero-order valence-electron chi connectivity index (χ0n) is 10.2. The summed E-state index contributed by atoms with van der Waals surface area (Å²) in [4.78, 5) is 33.4. The molecule has 19 heavy (non-hydrogen) atoms. The van der Waals surface area contributed by atoms with Gasteiger partial charge in [-0.25, -0.2) is 4.79 Å². The number of carbonyl (C=O) groups is 3. The predicted octanol–water partition coefficient (Wildman–Crippen LogP) is -0.505. The Bertz CT molecular complexity index is 483. The first-order valence-corrected chi connectivity index (χ1v) is 5.46. The van der Waals surface area contributed by atoms with Crippen LogP contribution in [0.25, 0.3) is 0 Å². The highest BCUT2D eigenvalue weighted by Crippen LogP contribution is 2.08. The number of anilines is 1. The first-order chi connectivity index (χ1) is 8.93. The van der Waals surface area contributed by atoms with Crippen LogP contribution in [-0.2, 0) is 14.4 Å². The first-order valence-electron chi connectivity index (χ1n) is 5.46. The van der Waals surface area contributed by atoms with Crippen molar-refractivity contribution in [3.05, 3.63) is 29.8 Å². The maximum atomic E-state index is 11.5. The van der Waals surface area contributed by atoms with Gasteiger partial charge in [0.05, 0.1) is 6.61 Å². The van der Waals surface area contributed by atoms with Crippen LogP contribution in [0, 0.1) is 6.92 Å². The van der Waals surface area contributed by atoms with E-state index in [1.54, 1.807) is 24.3 Å². The molecule has 0 bridgehead atoms. The third-order valence-corrected chi connectivity index (χ3v) is 2.30. The van der Waals surface area contributed by atoms with Crippen LogP contribution in [0.15, 0.2) is 24.3 Å². The van der Waals surface area contributed by atoms with E-state index in [0.29, 0.717) is 5.69 Å². The number of hydrogen-bond acceptors (Lipinski definition) is 4. The quantitative estimate of drug-likeness (QED) is 0.548. The summed E-state index contributed by atoms with van der Waals surface area (Å²) in [5, 5.41) is 21.5. The van der Waals surface area contributed by atoms with E-state index in [-0.39, 0.29) is 0 Å². The van der Waals surface area contributed by atoms with Gasteiger partial charge in [-0.2, -0.15) is 0 Å². The van der Waals surface area contributed by atoms with E-state index in [1.165, 1.54) is 0 Å². The fraction of sp³-hybridized carbons (Fsp3) is 0.250. The van der Waals surface area contributed by atoms with Crippen molar-refractivity contribution < 1.29 is 24.6 Å². The van der Waals surface area contributed by atoms with Crippen LogP contribution in [0.5, 0.6) is 0 Å². The largest absolute Gasteiger partial charge is 0.480 e. The Hall–Kier alpha value is -2.41. The summed E-state index contributed by atoms with van der Waals surface area (Å²) in [6.07, 6.45) is 0. The van der Waals surface area contributed by atoms with E-state index in [2.05, 4.69) is 5.32 Å². The zero-order valence-corrected chi connectivity index (χ0v) is 10.2. The lowest BCUT2D eigenvalue weighted by Gasteiger charge is -2.11. The highest BCUT2D eigenvalue weighted by atomic mass is 16.4. The SMILES string of the molecule is Cc1ccc(NC(=O)C(=O)N[C@H](CO)C(=O)O)cc1. The minimum Gasteiger partial charge on any atom is -0.480 e. The van der Waals surface area contributed by atoms with Crippen LogP contribution < -0.4 is 10.6 Å². The summed E-state index contributed by atoms with van der Waals surface area (Å²) in [5.74, 6) is -3.54. The molecule has 7 heteroatoms. The number of aliphatic carboxylic acids is 1. The van der Waals surface area contributed by atoms with Crippen LogP contribution in [0.2, 0.25) is 0 Å². The summed E-state index contributed by atoms with van der Waals surface area (Å²) < 4.78 is 0. The summed E-state index contributed by atoms with van der Waals surface area (Å²) in [7, 11) is 0. The van der Waals surface area contributed by atoms with Gasteiger partial charge in [0.15, 0.2) is 6.04 Å². The Morgan fingerprint density at radius 1 is 1.16 bits per heavy atom. The second-order valence-electron chi connectivity index (χ2n) is 3.87. The fourth-order valence-electron chi connectivity index (χ4n) is 1.23. The number of aryl methyl sites for hydroxylation is 1. The van der Waals surface area contributed by atoms with Crippen molar-refractivity contribution in [1.82, 2.24) is 5.32 Å². The van der Waals surface area contributed by atoms with Gasteiger partial charge in [0.1, 0.15) is 0 Å². The van der Waals surface area contributed by atoms with Gasteiger partial charge in [-0.05, 0) is 19.1 Å². The molecule has 0 unspecified atom stereocenters.